The van der Waals surface area contributed by atoms with Crippen molar-refractivity contribution >= 4 is 49.0 Å². The van der Waals surface area contributed by atoms with E-state index in [1.807, 2.05) is 17.6 Å². The fourth-order valence-electron chi connectivity index (χ4n) is 2.55. The third kappa shape index (κ3) is 2.82. The van der Waals surface area contributed by atoms with Crippen LogP contribution in [0.5, 0.6) is 11.5 Å². The lowest BCUT2D eigenvalue weighted by molar-refractivity contribution is 0.385. The Morgan fingerprint density at radius 2 is 1.96 bits per heavy atom. The van der Waals surface area contributed by atoms with Crippen molar-refractivity contribution in [2.75, 3.05) is 20.0 Å². The second kappa shape index (κ2) is 6.56. The molecule has 1 aromatic carbocycles. The number of benzene rings is 1. The molecule has 0 bridgehead atoms. The topological polar surface area (TPSA) is 88.1 Å². The lowest BCUT2D eigenvalue weighted by Gasteiger charge is -2.16. The summed E-state index contributed by atoms with van der Waals surface area (Å²) < 4.78 is 14.3. The highest BCUT2D eigenvalue weighted by Gasteiger charge is 2.17. The molecule has 0 aliphatic heterocycles. The maximum absolute atomic E-state index is 5.74. The van der Waals surface area contributed by atoms with E-state index in [1.165, 1.54) is 0 Å². The Morgan fingerprint density at radius 3 is 2.62 bits per heavy atom. The summed E-state index contributed by atoms with van der Waals surface area (Å²) in [5.41, 5.74) is 8.96. The van der Waals surface area contributed by atoms with E-state index < -0.39 is 0 Å². The zero-order valence-corrected chi connectivity index (χ0v) is 16.5. The molecule has 0 fully saturated rings. The number of rotatable bonds is 4. The van der Waals surface area contributed by atoms with E-state index in [-0.39, 0.29) is 5.95 Å². The largest absolute Gasteiger partial charge is 0.496 e. The number of fused-ring (bicyclic) bond motifs is 1. The Labute approximate surface area is 155 Å². The molecule has 0 amide bonds. The average molecular weight is 457 g/mol. The molecule has 24 heavy (non-hydrogen) atoms. The molecule has 2 N–H and O–H groups in total. The van der Waals surface area contributed by atoms with Crippen LogP contribution in [0.4, 0.5) is 5.95 Å². The Balaban J connectivity index is 2.12. The molecule has 0 aliphatic carbocycles. The first kappa shape index (κ1) is 17.0. The first-order chi connectivity index (χ1) is 11.5. The number of aromatic nitrogens is 4. The number of nitrogens with two attached hydrogens (primary N) is 1. The highest BCUT2D eigenvalue weighted by atomic mass is 79.9. The van der Waals surface area contributed by atoms with Crippen LogP contribution >= 0.6 is 31.9 Å². The van der Waals surface area contributed by atoms with E-state index in [0.29, 0.717) is 22.3 Å². The van der Waals surface area contributed by atoms with Crippen LogP contribution in [0.2, 0.25) is 0 Å². The maximum Gasteiger partial charge on any atom is 0.223 e. The second-order valence-electron chi connectivity index (χ2n) is 5.13. The minimum absolute atomic E-state index is 0.189. The molecule has 2 aromatic heterocycles. The van der Waals surface area contributed by atoms with Crippen molar-refractivity contribution in [2.24, 2.45) is 0 Å². The summed E-state index contributed by atoms with van der Waals surface area (Å²) in [6, 6.07) is 1.97. The maximum atomic E-state index is 5.74. The van der Waals surface area contributed by atoms with Crippen LogP contribution in [-0.4, -0.2) is 33.7 Å². The van der Waals surface area contributed by atoms with Crippen LogP contribution in [0.25, 0.3) is 11.2 Å². The van der Waals surface area contributed by atoms with E-state index in [4.69, 9.17) is 15.2 Å². The molecule has 9 heteroatoms. The predicted molar refractivity (Wildman–Crippen MR) is 98.5 cm³/mol. The van der Waals surface area contributed by atoms with Crippen LogP contribution in [0.1, 0.15) is 11.1 Å². The van der Waals surface area contributed by atoms with Gasteiger partial charge in [0.05, 0.1) is 31.6 Å². The van der Waals surface area contributed by atoms with Gasteiger partial charge in [-0.15, -0.1) is 0 Å². The molecule has 0 atom stereocenters. The van der Waals surface area contributed by atoms with E-state index in [0.717, 1.165) is 27.1 Å². The summed E-state index contributed by atoms with van der Waals surface area (Å²) in [4.78, 5) is 12.7. The highest BCUT2D eigenvalue weighted by Crippen LogP contribution is 2.38. The molecule has 2 heterocycles. The number of methoxy groups -OCH3 is 2. The van der Waals surface area contributed by atoms with Gasteiger partial charge in [0.2, 0.25) is 5.95 Å². The number of anilines is 1. The summed E-state index contributed by atoms with van der Waals surface area (Å²) in [6.07, 6.45) is 1.70. The Morgan fingerprint density at radius 1 is 1.21 bits per heavy atom. The van der Waals surface area contributed by atoms with Gasteiger partial charge in [-0.1, -0.05) is 0 Å². The van der Waals surface area contributed by atoms with Crippen molar-refractivity contribution in [3.63, 3.8) is 0 Å². The van der Waals surface area contributed by atoms with Crippen LogP contribution in [0.15, 0.2) is 21.5 Å². The van der Waals surface area contributed by atoms with E-state index in [9.17, 15) is 0 Å². The Kier molecular flexibility index (Phi) is 4.64. The number of nitrogen functional groups attached to an aromatic ring is 1. The summed E-state index contributed by atoms with van der Waals surface area (Å²) in [5, 5.41) is 0. The van der Waals surface area contributed by atoms with Crippen LogP contribution in [0.3, 0.4) is 0 Å². The SMILES string of the molecule is COc1cc(Cn2cnc3c(Br)nc(N)nc32)c(Br)c(OC)c1C. The molecule has 0 radical (unpaired) electrons. The van der Waals surface area contributed by atoms with Crippen molar-refractivity contribution in [1.82, 2.24) is 19.5 Å². The van der Waals surface area contributed by atoms with Gasteiger partial charge in [-0.2, -0.15) is 4.98 Å². The molecule has 0 saturated carbocycles. The molecular weight excluding hydrogens is 442 g/mol. The van der Waals surface area contributed by atoms with Gasteiger partial charge >= 0.3 is 0 Å². The molecule has 3 rings (SSSR count). The number of nitrogens with zero attached hydrogens (tertiary/aromatic N) is 4. The fourth-order valence-corrected chi connectivity index (χ4v) is 3.71. The average Bonchev–Trinajstić information content (AvgIpc) is 2.93. The number of halogens is 2. The molecule has 7 nitrogen and oxygen atoms in total. The second-order valence-corrected chi connectivity index (χ2v) is 6.67. The first-order valence-corrected chi connectivity index (χ1v) is 8.58. The minimum Gasteiger partial charge on any atom is -0.496 e. The van der Waals surface area contributed by atoms with Gasteiger partial charge in [-0.05, 0) is 50.4 Å². The van der Waals surface area contributed by atoms with Gasteiger partial charge in [-0.25, -0.2) is 9.97 Å². The number of hydrogen-bond donors (Lipinski definition) is 1. The fraction of sp³-hybridized carbons (Fsp3) is 0.267. The third-order valence-electron chi connectivity index (χ3n) is 3.70. The molecule has 3 aromatic rings. The van der Waals surface area contributed by atoms with Gasteiger partial charge in [0.25, 0.3) is 0 Å². The van der Waals surface area contributed by atoms with Crippen molar-refractivity contribution in [3.8, 4) is 11.5 Å². The molecule has 126 valence electrons. The molecule has 0 saturated heterocycles. The standard InChI is InChI=1S/C15H15Br2N5O2/c1-7-9(23-2)4-8(10(16)12(7)24-3)5-22-6-19-11-13(17)20-15(18)21-14(11)22/h4,6H,5H2,1-3H3,(H2,18,20,21). The van der Waals surface area contributed by atoms with E-state index in [1.54, 1.807) is 20.5 Å². The quantitative estimate of drug-likeness (QED) is 0.606. The molecule has 0 unspecified atom stereocenters. The van der Waals surface area contributed by atoms with E-state index in [2.05, 4.69) is 46.8 Å². The van der Waals surface area contributed by atoms with Crippen LogP contribution < -0.4 is 15.2 Å². The van der Waals surface area contributed by atoms with Gasteiger partial charge in [-0.3, -0.25) is 0 Å². The molecule has 0 spiro atoms. The van der Waals surface area contributed by atoms with Gasteiger partial charge in [0.1, 0.15) is 21.6 Å². The molecule has 0 aliphatic rings. The zero-order valence-electron chi connectivity index (χ0n) is 13.3. The zero-order chi connectivity index (χ0) is 17.4. The molecular formula is C15H15Br2N5O2. The smallest absolute Gasteiger partial charge is 0.223 e. The summed E-state index contributed by atoms with van der Waals surface area (Å²) in [7, 11) is 3.27. The van der Waals surface area contributed by atoms with Gasteiger partial charge < -0.3 is 19.8 Å². The van der Waals surface area contributed by atoms with Crippen LogP contribution in [-0.2, 0) is 6.54 Å². The van der Waals surface area contributed by atoms with Gasteiger partial charge in [0, 0.05) is 5.56 Å². The van der Waals surface area contributed by atoms with Crippen LogP contribution in [0, 0.1) is 6.92 Å². The van der Waals surface area contributed by atoms with Crippen molar-refractivity contribution in [1.29, 1.82) is 0 Å². The van der Waals surface area contributed by atoms with E-state index >= 15 is 0 Å². The van der Waals surface area contributed by atoms with Gasteiger partial charge in [0.15, 0.2) is 5.65 Å². The lowest BCUT2D eigenvalue weighted by Crippen LogP contribution is -2.05. The normalized spacial score (nSPS) is 11.0. The predicted octanol–water partition coefficient (Wildman–Crippen LogP) is 3.31. The summed E-state index contributed by atoms with van der Waals surface area (Å²) in [5.74, 6) is 1.68. The Hall–Kier alpha value is -1.87. The van der Waals surface area contributed by atoms with Crippen molar-refractivity contribution < 1.29 is 9.47 Å². The number of hydrogen-bond acceptors (Lipinski definition) is 6. The lowest BCUT2D eigenvalue weighted by atomic mass is 10.1. The number of imidazole rings is 1. The number of ether oxygens (including phenoxy) is 2. The summed E-state index contributed by atoms with van der Waals surface area (Å²) in [6.45, 7) is 2.47. The summed E-state index contributed by atoms with van der Waals surface area (Å²) >= 11 is 6.97. The van der Waals surface area contributed by atoms with Crippen molar-refractivity contribution in [3.05, 3.63) is 32.6 Å². The Bertz CT molecular complexity index is 926. The monoisotopic (exact) mass is 455 g/mol. The van der Waals surface area contributed by atoms with Crippen molar-refractivity contribution in [2.45, 2.75) is 13.5 Å². The third-order valence-corrected chi connectivity index (χ3v) is 5.12. The highest BCUT2D eigenvalue weighted by molar-refractivity contribution is 9.11. The first-order valence-electron chi connectivity index (χ1n) is 7.00. The minimum atomic E-state index is 0.189.